The highest BCUT2D eigenvalue weighted by Gasteiger charge is 2.50. The number of carbonyl (C=O) groups excluding carboxylic acids is 3. The van der Waals surface area contributed by atoms with Gasteiger partial charge in [0.15, 0.2) is 24.6 Å². The van der Waals surface area contributed by atoms with E-state index in [-0.39, 0.29) is 25.9 Å². The van der Waals surface area contributed by atoms with Crippen LogP contribution in [0.5, 0.6) is 0 Å². The van der Waals surface area contributed by atoms with Crippen LogP contribution in [-0.2, 0) is 42.9 Å². The molecule has 1 heterocycles. The molecule has 3 N–H and O–H groups in total. The van der Waals surface area contributed by atoms with Gasteiger partial charge in [0.2, 0.25) is 0 Å². The Morgan fingerprint density at radius 3 is 1.29 bits per heavy atom. The molecule has 1 rings (SSSR count). The summed E-state index contributed by atoms with van der Waals surface area (Å²) in [6.45, 7) is 5.84. The van der Waals surface area contributed by atoms with E-state index < -0.39 is 67.3 Å². The molecule has 0 bridgehead atoms. The van der Waals surface area contributed by atoms with Gasteiger partial charge in [-0.25, -0.2) is 4.79 Å². The van der Waals surface area contributed by atoms with Crippen molar-refractivity contribution in [3.8, 4) is 0 Å². The summed E-state index contributed by atoms with van der Waals surface area (Å²) in [5.41, 5.74) is 0. The number of aliphatic hydroxyl groups is 2. The minimum atomic E-state index is -1.91. The van der Waals surface area contributed by atoms with E-state index in [1.807, 2.05) is 0 Å². The fraction of sp³-hybridized carbons (Fsp3) is 0.754. The Labute approximate surface area is 468 Å². The zero-order valence-electron chi connectivity index (χ0n) is 48.7. The zero-order valence-corrected chi connectivity index (χ0v) is 48.7. The molecule has 0 aliphatic carbocycles. The van der Waals surface area contributed by atoms with Crippen molar-refractivity contribution in [2.24, 2.45) is 0 Å². The number of hydrogen-bond acceptors (Lipinski definition) is 11. The fourth-order valence-corrected chi connectivity index (χ4v) is 9.00. The van der Waals surface area contributed by atoms with Crippen molar-refractivity contribution in [3.05, 3.63) is 72.9 Å². The first-order valence-electron chi connectivity index (χ1n) is 30.9. The number of ether oxygens (including phenoxy) is 5. The number of carboxylic acid groups (broad SMARTS) is 1. The van der Waals surface area contributed by atoms with E-state index in [4.69, 9.17) is 23.7 Å². The molecular formula is C65H110O12. The number of esters is 3. The maximum absolute atomic E-state index is 13.1. The third-order valence-corrected chi connectivity index (χ3v) is 13.7. The molecule has 0 aromatic rings. The average molecular weight is 1080 g/mol. The summed E-state index contributed by atoms with van der Waals surface area (Å²) >= 11 is 0. The average Bonchev–Trinajstić information content (AvgIpc) is 3.42. The maximum atomic E-state index is 13.1. The van der Waals surface area contributed by atoms with Gasteiger partial charge < -0.3 is 39.0 Å². The number of carboxylic acids is 1. The second-order valence-electron chi connectivity index (χ2n) is 20.9. The Balaban J connectivity index is 2.68. The van der Waals surface area contributed by atoms with E-state index in [0.29, 0.717) is 19.3 Å². The highest BCUT2D eigenvalue weighted by Crippen LogP contribution is 2.26. The smallest absolute Gasteiger partial charge is 0.335 e. The molecule has 12 nitrogen and oxygen atoms in total. The number of hydrogen-bond donors (Lipinski definition) is 3. The van der Waals surface area contributed by atoms with E-state index in [1.165, 1.54) is 64.2 Å². The Bertz CT molecular complexity index is 1620. The molecule has 0 aromatic carbocycles. The van der Waals surface area contributed by atoms with Crippen LogP contribution in [0.25, 0.3) is 0 Å². The van der Waals surface area contributed by atoms with Crippen molar-refractivity contribution in [3.63, 3.8) is 0 Å². The van der Waals surface area contributed by atoms with Crippen molar-refractivity contribution in [2.45, 2.75) is 302 Å². The SMILES string of the molecule is CC/C=C\C/C=C\C/C=C\CCCCCCCCCC(=O)OC1C(OCC(COC(=O)CCCCCCCCC/C=C\C/C=C\CCCCC)OC(=O)CCCCCCC/C=C\CCCCCC)OC(C(=O)O)C(O)C1O. The number of carbonyl (C=O) groups is 4. The summed E-state index contributed by atoms with van der Waals surface area (Å²) in [4.78, 5) is 51.2. The molecule has 1 saturated heterocycles. The monoisotopic (exact) mass is 1080 g/mol. The van der Waals surface area contributed by atoms with Gasteiger partial charge in [-0.05, 0) is 109 Å². The summed E-state index contributed by atoms with van der Waals surface area (Å²) in [5, 5.41) is 31.5. The number of rotatable bonds is 52. The zero-order chi connectivity index (χ0) is 56.1. The lowest BCUT2D eigenvalue weighted by atomic mass is 9.98. The van der Waals surface area contributed by atoms with Gasteiger partial charge in [-0.2, -0.15) is 0 Å². The molecule has 6 atom stereocenters. The largest absolute Gasteiger partial charge is 0.479 e. The fourth-order valence-electron chi connectivity index (χ4n) is 9.00. The topological polar surface area (TPSA) is 175 Å². The van der Waals surface area contributed by atoms with Gasteiger partial charge in [0.25, 0.3) is 0 Å². The number of aliphatic carboxylic acids is 1. The quantitative estimate of drug-likeness (QED) is 0.0228. The molecule has 442 valence electrons. The molecule has 77 heavy (non-hydrogen) atoms. The summed E-state index contributed by atoms with van der Waals surface area (Å²) < 4.78 is 28.5. The standard InChI is InChI=1S/C65H110O12/c1-4-7-10-13-16-19-22-25-27-29-31-34-36-39-42-45-48-51-57(66)73-54-56(75-58(67)52-49-46-43-40-37-33-24-21-18-15-12-9-6-3)55-74-65-63(61(70)60(69)62(77-65)64(71)72)76-59(68)53-50-47-44-41-38-35-32-30-28-26-23-20-17-14-11-8-5-2/h8,11,16-17,19-21,24-28,56,60-63,65,69-70H,4-7,9-10,12-15,18,22-23,29-55H2,1-3H3,(H,71,72)/b11-8-,19-16-,20-17-,24-21-,27-25-,28-26-. The third kappa shape index (κ3) is 42.7. The third-order valence-electron chi connectivity index (χ3n) is 13.7. The normalized spacial score (nSPS) is 18.5. The molecule has 1 fully saturated rings. The van der Waals surface area contributed by atoms with Gasteiger partial charge >= 0.3 is 23.9 Å². The molecule has 6 unspecified atom stereocenters. The highest BCUT2D eigenvalue weighted by molar-refractivity contribution is 5.74. The summed E-state index contributed by atoms with van der Waals surface area (Å²) in [5.74, 6) is -3.15. The van der Waals surface area contributed by atoms with Crippen LogP contribution in [0.2, 0.25) is 0 Å². The number of allylic oxidation sites excluding steroid dienone is 12. The Kier molecular flexibility index (Phi) is 48.8. The minimum Gasteiger partial charge on any atom is -0.479 e. The van der Waals surface area contributed by atoms with Crippen molar-refractivity contribution < 1.29 is 58.2 Å². The predicted octanol–water partition coefficient (Wildman–Crippen LogP) is 16.1. The molecule has 0 radical (unpaired) electrons. The summed E-state index contributed by atoms with van der Waals surface area (Å²) in [6.07, 6.45) is 54.3. The molecule has 0 aromatic heterocycles. The molecule has 1 aliphatic heterocycles. The number of aliphatic hydroxyl groups excluding tert-OH is 2. The second kappa shape index (κ2) is 52.8. The first-order chi connectivity index (χ1) is 37.6. The van der Waals surface area contributed by atoms with E-state index in [2.05, 4.69) is 93.7 Å². The Hall–Kier alpha value is -3.84. The van der Waals surface area contributed by atoms with Crippen LogP contribution >= 0.6 is 0 Å². The highest BCUT2D eigenvalue weighted by atomic mass is 16.7. The van der Waals surface area contributed by atoms with Gasteiger partial charge in [0.1, 0.15) is 18.8 Å². The first kappa shape index (κ1) is 71.2. The maximum Gasteiger partial charge on any atom is 0.335 e. The Morgan fingerprint density at radius 2 is 0.818 bits per heavy atom. The van der Waals surface area contributed by atoms with Crippen molar-refractivity contribution in [1.82, 2.24) is 0 Å². The van der Waals surface area contributed by atoms with E-state index in [9.17, 15) is 34.5 Å². The lowest BCUT2D eigenvalue weighted by molar-refractivity contribution is -0.301. The van der Waals surface area contributed by atoms with Crippen LogP contribution in [0.4, 0.5) is 0 Å². The minimum absolute atomic E-state index is 0.0462. The summed E-state index contributed by atoms with van der Waals surface area (Å²) in [6, 6.07) is 0. The molecule has 1 aliphatic rings. The van der Waals surface area contributed by atoms with Gasteiger partial charge in [-0.15, -0.1) is 0 Å². The van der Waals surface area contributed by atoms with Crippen molar-refractivity contribution in [1.29, 1.82) is 0 Å². The van der Waals surface area contributed by atoms with Crippen LogP contribution in [0.1, 0.15) is 265 Å². The number of unbranched alkanes of at least 4 members (excludes halogenated alkanes) is 26. The second-order valence-corrected chi connectivity index (χ2v) is 20.9. The molecule has 0 saturated carbocycles. The van der Waals surface area contributed by atoms with E-state index in [1.54, 1.807) is 0 Å². The molecule has 12 heteroatoms. The van der Waals surface area contributed by atoms with Crippen LogP contribution in [0, 0.1) is 0 Å². The van der Waals surface area contributed by atoms with Crippen LogP contribution in [-0.4, -0.2) is 89.2 Å². The van der Waals surface area contributed by atoms with Gasteiger partial charge in [0, 0.05) is 19.3 Å². The van der Waals surface area contributed by atoms with Crippen LogP contribution in [0.3, 0.4) is 0 Å². The van der Waals surface area contributed by atoms with Crippen molar-refractivity contribution >= 4 is 23.9 Å². The molecular weight excluding hydrogens is 973 g/mol. The Morgan fingerprint density at radius 1 is 0.442 bits per heavy atom. The lowest BCUT2D eigenvalue weighted by Crippen LogP contribution is -2.61. The van der Waals surface area contributed by atoms with Crippen LogP contribution < -0.4 is 0 Å². The van der Waals surface area contributed by atoms with Crippen LogP contribution in [0.15, 0.2) is 72.9 Å². The van der Waals surface area contributed by atoms with E-state index in [0.717, 1.165) is 141 Å². The van der Waals surface area contributed by atoms with Crippen molar-refractivity contribution in [2.75, 3.05) is 13.2 Å². The van der Waals surface area contributed by atoms with Gasteiger partial charge in [0.05, 0.1) is 6.61 Å². The van der Waals surface area contributed by atoms with Gasteiger partial charge in [-0.3, -0.25) is 14.4 Å². The predicted molar refractivity (Wildman–Crippen MR) is 312 cm³/mol. The summed E-state index contributed by atoms with van der Waals surface area (Å²) in [7, 11) is 0. The molecule has 0 spiro atoms. The lowest BCUT2D eigenvalue weighted by Gasteiger charge is -2.40. The molecule has 0 amide bonds. The van der Waals surface area contributed by atoms with E-state index >= 15 is 0 Å². The van der Waals surface area contributed by atoms with Gasteiger partial charge in [-0.1, -0.05) is 209 Å². The first-order valence-corrected chi connectivity index (χ1v) is 30.9.